The van der Waals surface area contributed by atoms with Crippen LogP contribution in [0.4, 0.5) is 0 Å². The number of rotatable bonds is 6. The zero-order valence-electron chi connectivity index (χ0n) is 36.0. The van der Waals surface area contributed by atoms with Gasteiger partial charge in [0.15, 0.2) is 17.5 Å². The zero-order chi connectivity index (χ0) is 44.0. The molecular weight excluding hydrogens is 819 g/mol. The maximum atomic E-state index is 7.00. The van der Waals surface area contributed by atoms with Crippen LogP contribution in [0.2, 0.25) is 0 Å². The number of hydrogen-bond acceptors (Lipinski definition) is 4. The first-order valence-electron chi connectivity index (χ1n) is 22.6. The lowest BCUT2D eigenvalue weighted by Gasteiger charge is -2.16. The molecule has 312 valence electrons. The van der Waals surface area contributed by atoms with Gasteiger partial charge in [-0.05, 0) is 82.6 Å². The van der Waals surface area contributed by atoms with E-state index in [0.717, 1.165) is 99.2 Å². The van der Waals surface area contributed by atoms with Crippen LogP contribution in [0.3, 0.4) is 0 Å². The quantitative estimate of drug-likeness (QED) is 0.167. The number of nitrogens with zero attached hydrogens (tertiary/aromatic N) is 5. The second-order valence-corrected chi connectivity index (χ2v) is 17.1. The SMILES string of the molecule is c1ccc(-c2ccc(-c3nc(-c4c(-n5c6ccccc6c6cc7ccccc7cc65)ccc5c4oc4ccccc45)nc(-c4cccc5c6ccccc6n(-c6ccccc6)c45)n3)cc2)cc1. The van der Waals surface area contributed by atoms with E-state index in [1.807, 2.05) is 18.2 Å². The minimum atomic E-state index is 0.512. The van der Waals surface area contributed by atoms with Crippen molar-refractivity contribution in [1.82, 2.24) is 24.1 Å². The van der Waals surface area contributed by atoms with Gasteiger partial charge in [0.1, 0.15) is 11.2 Å². The van der Waals surface area contributed by atoms with E-state index in [1.54, 1.807) is 0 Å². The van der Waals surface area contributed by atoms with Crippen molar-refractivity contribution in [3.8, 4) is 56.7 Å². The first-order valence-corrected chi connectivity index (χ1v) is 22.6. The molecule has 0 aliphatic rings. The van der Waals surface area contributed by atoms with E-state index < -0.39 is 0 Å². The van der Waals surface area contributed by atoms with E-state index in [4.69, 9.17) is 19.4 Å². The maximum absolute atomic E-state index is 7.00. The van der Waals surface area contributed by atoms with Crippen LogP contribution < -0.4 is 0 Å². The summed E-state index contributed by atoms with van der Waals surface area (Å²) >= 11 is 0. The molecule has 14 aromatic rings. The van der Waals surface area contributed by atoms with Crippen LogP contribution in [-0.2, 0) is 0 Å². The van der Waals surface area contributed by atoms with Gasteiger partial charge < -0.3 is 13.6 Å². The molecule has 0 aliphatic heterocycles. The highest BCUT2D eigenvalue weighted by Crippen LogP contribution is 2.44. The molecule has 0 unspecified atom stereocenters. The van der Waals surface area contributed by atoms with Crippen LogP contribution in [0, 0.1) is 0 Å². The summed E-state index contributed by atoms with van der Waals surface area (Å²) in [6.45, 7) is 0. The second kappa shape index (κ2) is 14.7. The predicted molar refractivity (Wildman–Crippen MR) is 275 cm³/mol. The molecule has 0 fully saturated rings. The van der Waals surface area contributed by atoms with Gasteiger partial charge in [0.05, 0.1) is 33.3 Å². The van der Waals surface area contributed by atoms with Crippen LogP contribution >= 0.6 is 0 Å². The first-order chi connectivity index (χ1) is 33.2. The summed E-state index contributed by atoms with van der Waals surface area (Å²) in [6.07, 6.45) is 0. The van der Waals surface area contributed by atoms with Gasteiger partial charge in [-0.3, -0.25) is 0 Å². The molecule has 0 radical (unpaired) electrons. The number of fused-ring (bicyclic) bond motifs is 10. The van der Waals surface area contributed by atoms with E-state index in [0.29, 0.717) is 23.1 Å². The fourth-order valence-corrected chi connectivity index (χ4v) is 10.3. The lowest BCUT2D eigenvalue weighted by atomic mass is 10.0. The van der Waals surface area contributed by atoms with Crippen LogP contribution in [0.1, 0.15) is 0 Å². The van der Waals surface area contributed by atoms with Gasteiger partial charge in [-0.15, -0.1) is 0 Å². The van der Waals surface area contributed by atoms with Gasteiger partial charge in [-0.1, -0.05) is 164 Å². The fraction of sp³-hybridized carbons (Fsp3) is 0. The molecule has 4 aromatic heterocycles. The number of benzene rings is 10. The molecule has 10 aromatic carbocycles. The van der Waals surface area contributed by atoms with Crippen molar-refractivity contribution in [2.45, 2.75) is 0 Å². The highest BCUT2D eigenvalue weighted by atomic mass is 16.3. The first kappa shape index (κ1) is 37.3. The summed E-state index contributed by atoms with van der Waals surface area (Å²) in [5.74, 6) is 1.63. The van der Waals surface area contributed by atoms with Gasteiger partial charge in [0.2, 0.25) is 0 Å². The molecule has 0 atom stereocenters. The van der Waals surface area contributed by atoms with E-state index in [2.05, 4.69) is 215 Å². The summed E-state index contributed by atoms with van der Waals surface area (Å²) in [7, 11) is 0. The third-order valence-corrected chi connectivity index (χ3v) is 13.4. The van der Waals surface area contributed by atoms with Crippen molar-refractivity contribution >= 4 is 76.3 Å². The summed E-state index contributed by atoms with van der Waals surface area (Å²) in [5.41, 5.74) is 12.6. The molecule has 0 spiro atoms. The van der Waals surface area contributed by atoms with Crippen LogP contribution in [-0.4, -0.2) is 24.1 Å². The largest absolute Gasteiger partial charge is 0.455 e. The fourth-order valence-electron chi connectivity index (χ4n) is 10.3. The Morgan fingerprint density at radius 3 is 1.72 bits per heavy atom. The molecule has 6 heteroatoms. The van der Waals surface area contributed by atoms with Crippen LogP contribution in [0.15, 0.2) is 229 Å². The monoisotopic (exact) mass is 855 g/mol. The molecule has 14 rings (SSSR count). The topological polar surface area (TPSA) is 61.7 Å². The number of para-hydroxylation sites is 5. The standard InChI is InChI=1S/C61H37N5O/c1-3-16-38(17-4-1)39-30-32-40(33-31-39)59-62-60(49-26-15-25-47-44-22-9-12-27-51(44)65(57(47)49)43-20-5-2-6-21-43)64-61(63-59)56-53(35-34-48-46-24-11-14-29-55(46)67-58(48)56)66-52-28-13-10-23-45(52)50-36-41-18-7-8-19-42(41)37-54(50)66/h1-37H. The molecule has 0 saturated heterocycles. The van der Waals surface area contributed by atoms with Crippen LogP contribution in [0.25, 0.3) is 133 Å². The second-order valence-electron chi connectivity index (χ2n) is 17.1. The molecule has 4 heterocycles. The predicted octanol–water partition coefficient (Wildman–Crippen LogP) is 15.8. The van der Waals surface area contributed by atoms with E-state index in [9.17, 15) is 0 Å². The van der Waals surface area contributed by atoms with Crippen molar-refractivity contribution in [2.75, 3.05) is 0 Å². The highest BCUT2D eigenvalue weighted by Gasteiger charge is 2.26. The summed E-state index contributed by atoms with van der Waals surface area (Å²) < 4.78 is 11.7. The number of furan rings is 1. The van der Waals surface area contributed by atoms with E-state index in [-0.39, 0.29) is 0 Å². The average molecular weight is 856 g/mol. The Morgan fingerprint density at radius 1 is 0.343 bits per heavy atom. The molecule has 0 N–H and O–H groups in total. The minimum Gasteiger partial charge on any atom is -0.455 e. The normalized spacial score (nSPS) is 11.9. The molecular formula is C61H37N5O. The Labute approximate surface area is 384 Å². The Balaban J connectivity index is 1.11. The lowest BCUT2D eigenvalue weighted by molar-refractivity contribution is 0.669. The number of aromatic nitrogens is 5. The smallest absolute Gasteiger partial charge is 0.170 e. The van der Waals surface area contributed by atoms with E-state index >= 15 is 0 Å². The Bertz CT molecular complexity index is 4260. The molecule has 0 bridgehead atoms. The summed E-state index contributed by atoms with van der Waals surface area (Å²) in [6, 6.07) is 79.1. The van der Waals surface area contributed by atoms with Crippen molar-refractivity contribution in [1.29, 1.82) is 0 Å². The Hall–Kier alpha value is -9.13. The zero-order valence-corrected chi connectivity index (χ0v) is 36.0. The molecule has 6 nitrogen and oxygen atoms in total. The minimum absolute atomic E-state index is 0.512. The number of hydrogen-bond donors (Lipinski definition) is 0. The van der Waals surface area contributed by atoms with Gasteiger partial charge in [-0.25, -0.2) is 15.0 Å². The van der Waals surface area contributed by atoms with Gasteiger partial charge >= 0.3 is 0 Å². The molecule has 0 amide bonds. The van der Waals surface area contributed by atoms with Crippen molar-refractivity contribution < 1.29 is 4.42 Å². The third kappa shape index (κ3) is 5.80. The Kier molecular flexibility index (Phi) is 8.18. The molecule has 0 saturated carbocycles. The lowest BCUT2D eigenvalue weighted by Crippen LogP contribution is -2.05. The van der Waals surface area contributed by atoms with Gasteiger partial charge in [-0.2, -0.15) is 0 Å². The Morgan fingerprint density at radius 2 is 0.925 bits per heavy atom. The summed E-state index contributed by atoms with van der Waals surface area (Å²) in [4.78, 5) is 16.5. The van der Waals surface area contributed by atoms with Crippen molar-refractivity contribution in [2.24, 2.45) is 0 Å². The van der Waals surface area contributed by atoms with Gasteiger partial charge in [0.25, 0.3) is 0 Å². The van der Waals surface area contributed by atoms with Crippen LogP contribution in [0.5, 0.6) is 0 Å². The van der Waals surface area contributed by atoms with Crippen molar-refractivity contribution in [3.05, 3.63) is 224 Å². The average Bonchev–Trinajstić information content (AvgIpc) is 4.06. The third-order valence-electron chi connectivity index (χ3n) is 13.4. The molecule has 0 aliphatic carbocycles. The van der Waals surface area contributed by atoms with E-state index in [1.165, 1.54) is 10.8 Å². The van der Waals surface area contributed by atoms with Gasteiger partial charge in [0, 0.05) is 49.1 Å². The highest BCUT2D eigenvalue weighted by molar-refractivity contribution is 6.17. The summed E-state index contributed by atoms with van der Waals surface area (Å²) in [5, 5.41) is 8.97. The maximum Gasteiger partial charge on any atom is 0.170 e. The van der Waals surface area contributed by atoms with Crippen molar-refractivity contribution in [3.63, 3.8) is 0 Å². The molecule has 67 heavy (non-hydrogen) atoms.